The van der Waals surface area contributed by atoms with Crippen molar-refractivity contribution in [2.24, 2.45) is 11.8 Å². The van der Waals surface area contributed by atoms with Gasteiger partial charge in [-0.15, -0.1) is 0 Å². The van der Waals surface area contributed by atoms with Crippen LogP contribution in [0.3, 0.4) is 0 Å². The molecule has 0 saturated heterocycles. The van der Waals surface area contributed by atoms with E-state index in [2.05, 4.69) is 16.6 Å². The van der Waals surface area contributed by atoms with Crippen LogP contribution < -0.4 is 29.0 Å². The Hall–Kier alpha value is -2.35. The Morgan fingerprint density at radius 2 is 1.52 bits per heavy atom. The van der Waals surface area contributed by atoms with Gasteiger partial charge in [0.25, 0.3) is 10.1 Å². The molecule has 130 valence electrons. The van der Waals surface area contributed by atoms with Crippen molar-refractivity contribution in [3.8, 4) is 5.75 Å². The van der Waals surface area contributed by atoms with Gasteiger partial charge in [0, 0.05) is 10.8 Å². The zero-order valence-electron chi connectivity index (χ0n) is 12.1. The third kappa shape index (κ3) is 4.56. The third-order valence-electron chi connectivity index (χ3n) is 2.65. The number of rotatable bonds is 1. The number of anilines is 3. The number of hydrogen-bond donors (Lipinski definition) is 8. The molecule has 0 radical (unpaired) electrons. The largest absolute Gasteiger partial charge is 0.505 e. The molecule has 12 heteroatoms. The molecule has 2 rings (SSSR count). The van der Waals surface area contributed by atoms with Crippen molar-refractivity contribution in [1.82, 2.24) is 0 Å². The molecule has 0 fully saturated rings. The molecule has 0 unspecified atom stereocenters. The van der Waals surface area contributed by atoms with Crippen molar-refractivity contribution in [3.05, 3.63) is 18.2 Å². The topological polar surface area (TPSA) is 234 Å². The van der Waals surface area contributed by atoms with Crippen LogP contribution in [0.1, 0.15) is 0 Å². The van der Waals surface area contributed by atoms with E-state index in [4.69, 9.17) is 27.0 Å². The average Bonchev–Trinajstić information content (AvgIpc) is 2.48. The number of aromatic hydroxyl groups is 1. The minimum absolute atomic E-state index is 0.104. The van der Waals surface area contributed by atoms with Gasteiger partial charge < -0.3 is 32.4 Å². The van der Waals surface area contributed by atoms with Crippen molar-refractivity contribution < 1.29 is 28.1 Å². The van der Waals surface area contributed by atoms with E-state index in [0.717, 1.165) is 6.07 Å². The van der Waals surface area contributed by atoms with E-state index in [0.29, 0.717) is 0 Å². The van der Waals surface area contributed by atoms with E-state index >= 15 is 0 Å². The molecular formula is C11H19N5O6S. The van der Waals surface area contributed by atoms with E-state index in [1.165, 1.54) is 19.2 Å². The van der Waals surface area contributed by atoms with Crippen molar-refractivity contribution >= 4 is 38.0 Å². The molecule has 0 spiro atoms. The fourth-order valence-corrected chi connectivity index (χ4v) is 2.34. The second-order valence-corrected chi connectivity index (χ2v) is 5.40. The third-order valence-corrected chi connectivity index (χ3v) is 3.54. The highest BCUT2D eigenvalue weighted by atomic mass is 32.2. The highest BCUT2D eigenvalue weighted by molar-refractivity contribution is 7.86. The van der Waals surface area contributed by atoms with Gasteiger partial charge in [0.15, 0.2) is 0 Å². The van der Waals surface area contributed by atoms with Crippen LogP contribution in [0.15, 0.2) is 23.1 Å². The summed E-state index contributed by atoms with van der Waals surface area (Å²) in [5.74, 6) is 7.38. The summed E-state index contributed by atoms with van der Waals surface area (Å²) in [4.78, 5) is 3.14. The summed E-state index contributed by atoms with van der Waals surface area (Å²) in [5, 5.41) is 16.8. The fourth-order valence-electron chi connectivity index (χ4n) is 1.70. The van der Waals surface area contributed by atoms with Crippen molar-refractivity contribution in [2.75, 3.05) is 24.3 Å². The van der Waals surface area contributed by atoms with Crippen molar-refractivity contribution in [1.29, 1.82) is 0 Å². The number of phenols is 1. The molecule has 2 aromatic rings. The maximum absolute atomic E-state index is 11.1. The lowest BCUT2D eigenvalue weighted by Crippen LogP contribution is -2.05. The Bertz CT molecular complexity index is 780. The van der Waals surface area contributed by atoms with Gasteiger partial charge in [0.2, 0.25) is 0 Å². The number of fused-ring (bicyclic) bond motifs is 1. The van der Waals surface area contributed by atoms with Gasteiger partial charge in [-0.2, -0.15) is 8.42 Å². The number of benzene rings is 2. The van der Waals surface area contributed by atoms with Crippen LogP contribution >= 0.6 is 0 Å². The van der Waals surface area contributed by atoms with Gasteiger partial charge in [0.1, 0.15) is 10.6 Å². The Labute approximate surface area is 131 Å². The van der Waals surface area contributed by atoms with E-state index in [1.807, 2.05) is 0 Å². The summed E-state index contributed by atoms with van der Waals surface area (Å²) < 4.78 is 31.3. The predicted octanol–water partition coefficient (Wildman–Crippen LogP) is -0.620. The van der Waals surface area contributed by atoms with Gasteiger partial charge >= 0.3 is 0 Å². The van der Waals surface area contributed by atoms with Gasteiger partial charge in [0.05, 0.1) is 24.2 Å². The number of nitrogen functional groups attached to an aromatic ring is 3. The van der Waals surface area contributed by atoms with Gasteiger partial charge in [-0.1, -0.05) is 0 Å². The molecule has 0 aromatic heterocycles. The van der Waals surface area contributed by atoms with E-state index in [9.17, 15) is 13.5 Å². The van der Waals surface area contributed by atoms with E-state index in [-0.39, 0.29) is 22.1 Å². The first-order valence-corrected chi connectivity index (χ1v) is 7.14. The second kappa shape index (κ2) is 8.33. The lowest BCUT2D eigenvalue weighted by Gasteiger charge is -2.11. The molecule has 0 heterocycles. The molecule has 2 aromatic carbocycles. The summed E-state index contributed by atoms with van der Waals surface area (Å²) in [6, 6.07) is 4.00. The highest BCUT2D eigenvalue weighted by Crippen LogP contribution is 2.39. The number of hydrogen-bond acceptors (Lipinski definition) is 10. The number of nitrogens with two attached hydrogens (primary N) is 5. The first-order valence-electron chi connectivity index (χ1n) is 5.70. The van der Waals surface area contributed by atoms with Crippen LogP contribution in [0.2, 0.25) is 0 Å². The summed E-state index contributed by atoms with van der Waals surface area (Å²) >= 11 is 0. The zero-order valence-corrected chi connectivity index (χ0v) is 12.9. The zero-order chi connectivity index (χ0) is 18.4. The molecule has 23 heavy (non-hydrogen) atoms. The molecule has 0 aliphatic rings. The number of phenolic OH excluding ortho intramolecular Hbond substituents is 1. The van der Waals surface area contributed by atoms with Gasteiger partial charge in [-0.3, -0.25) is 4.55 Å². The average molecular weight is 349 g/mol. The lowest BCUT2D eigenvalue weighted by atomic mass is 10.1. The monoisotopic (exact) mass is 349 g/mol. The minimum Gasteiger partial charge on any atom is -0.505 e. The van der Waals surface area contributed by atoms with Crippen molar-refractivity contribution in [3.63, 3.8) is 0 Å². The first-order chi connectivity index (χ1) is 10.6. The maximum Gasteiger partial charge on any atom is 0.296 e. The molecule has 0 bridgehead atoms. The summed E-state index contributed by atoms with van der Waals surface area (Å²) in [5.41, 5.74) is 16.6. The van der Waals surface area contributed by atoms with E-state index < -0.39 is 26.5 Å². The molecule has 0 atom stereocenters. The van der Waals surface area contributed by atoms with E-state index in [1.54, 1.807) is 0 Å². The Balaban J connectivity index is 0.000000868. The van der Waals surface area contributed by atoms with Crippen LogP contribution in [0.4, 0.5) is 17.1 Å². The smallest absolute Gasteiger partial charge is 0.296 e. The molecule has 0 amide bonds. The Morgan fingerprint density at radius 1 is 1.04 bits per heavy atom. The maximum atomic E-state index is 11.1. The minimum atomic E-state index is -4.56. The molecule has 11 nitrogen and oxygen atoms in total. The molecule has 0 saturated carbocycles. The van der Waals surface area contributed by atoms with Crippen LogP contribution in [0.5, 0.6) is 5.75 Å². The summed E-state index contributed by atoms with van der Waals surface area (Å²) in [7, 11) is -3.16. The van der Waals surface area contributed by atoms with Gasteiger partial charge in [-0.25, -0.2) is 11.8 Å². The Kier molecular flexibility index (Phi) is 7.48. The van der Waals surface area contributed by atoms with Crippen LogP contribution in [0, 0.1) is 0 Å². The fraction of sp³-hybridized carbons (Fsp3) is 0.0909. The first kappa shape index (κ1) is 20.6. The molecule has 13 N–H and O–H groups in total. The van der Waals surface area contributed by atoms with Crippen LogP contribution in [-0.4, -0.2) is 30.4 Å². The lowest BCUT2D eigenvalue weighted by molar-refractivity contribution is 0.206. The van der Waals surface area contributed by atoms with Crippen LogP contribution in [0.25, 0.3) is 10.8 Å². The second-order valence-electron chi connectivity index (χ2n) is 4.01. The standard InChI is InChI=1S/C10H11N3O4S.CH5NO.H3NO/c11-6-2-1-4-5(8(6)12)3-7(18(15,16)17)9(13)10(4)14;1-3-2;1-2/h1-3,14H,11-13H2,(H,15,16,17);2H2,1H3;2H,1H2. The quantitative estimate of drug-likeness (QED) is 0.140. The Morgan fingerprint density at radius 3 is 1.96 bits per heavy atom. The normalized spacial score (nSPS) is 10.3. The SMILES string of the molecule is CON.NO.Nc1ccc2c(O)c(N)c(S(=O)(=O)O)cc2c1N. The summed E-state index contributed by atoms with van der Waals surface area (Å²) in [6.45, 7) is 0. The molecule has 0 aliphatic heterocycles. The molecular weight excluding hydrogens is 330 g/mol. The highest BCUT2D eigenvalue weighted by Gasteiger charge is 2.20. The predicted molar refractivity (Wildman–Crippen MR) is 85.8 cm³/mol. The van der Waals surface area contributed by atoms with Gasteiger partial charge in [-0.05, 0) is 18.2 Å². The van der Waals surface area contributed by atoms with Crippen LogP contribution in [-0.2, 0) is 15.0 Å². The summed E-state index contributed by atoms with van der Waals surface area (Å²) in [6.07, 6.45) is 0. The van der Waals surface area contributed by atoms with Crippen molar-refractivity contribution in [2.45, 2.75) is 4.90 Å². The molecule has 0 aliphatic carbocycles.